The van der Waals surface area contributed by atoms with Crippen molar-refractivity contribution >= 4 is 5.97 Å². The first-order chi connectivity index (χ1) is 9.07. The molecule has 0 heterocycles. The molecule has 0 saturated heterocycles. The smallest absolute Gasteiger partial charge is 0.303 e. The van der Waals surface area contributed by atoms with Gasteiger partial charge in [0.05, 0.1) is 12.2 Å². The number of aliphatic hydroxyl groups is 2. The van der Waals surface area contributed by atoms with Crippen LogP contribution in [0.15, 0.2) is 0 Å². The lowest BCUT2D eigenvalue weighted by atomic mass is 10.0. The van der Waals surface area contributed by atoms with E-state index < -0.39 is 18.2 Å². The number of carboxylic acid groups (broad SMARTS) is 1. The third-order valence-corrected chi connectivity index (χ3v) is 3.50. The van der Waals surface area contributed by atoms with E-state index in [1.807, 2.05) is 6.92 Å². The third-order valence-electron chi connectivity index (χ3n) is 3.50. The van der Waals surface area contributed by atoms with Crippen LogP contribution in [0.1, 0.15) is 77.6 Å². The van der Waals surface area contributed by atoms with Gasteiger partial charge >= 0.3 is 5.97 Å². The van der Waals surface area contributed by atoms with Gasteiger partial charge in [-0.05, 0) is 19.3 Å². The normalized spacial score (nSPS) is 14.3. The van der Waals surface area contributed by atoms with E-state index in [9.17, 15) is 15.0 Å². The molecular weight excluding hydrogens is 244 g/mol. The lowest BCUT2D eigenvalue weighted by molar-refractivity contribution is -0.137. The molecule has 0 aromatic rings. The summed E-state index contributed by atoms with van der Waals surface area (Å²) in [6.45, 7) is 1.87. The molecule has 0 saturated carbocycles. The second-order valence-electron chi connectivity index (χ2n) is 5.30. The SMILES string of the molecule is CC[C@@H](O)[C@H](O)CCCCCCCCCCC(=O)O. The summed E-state index contributed by atoms with van der Waals surface area (Å²) < 4.78 is 0. The molecular formula is C15H30O4. The molecule has 4 heteroatoms. The molecule has 0 fully saturated rings. The van der Waals surface area contributed by atoms with Gasteiger partial charge in [-0.25, -0.2) is 0 Å². The molecule has 2 atom stereocenters. The summed E-state index contributed by atoms with van der Waals surface area (Å²) in [5.74, 6) is -0.701. The van der Waals surface area contributed by atoms with Gasteiger partial charge in [0, 0.05) is 6.42 Å². The lowest BCUT2D eigenvalue weighted by Gasteiger charge is -2.15. The van der Waals surface area contributed by atoms with Crippen LogP contribution in [0.3, 0.4) is 0 Å². The Balaban J connectivity index is 3.17. The summed E-state index contributed by atoms with van der Waals surface area (Å²) >= 11 is 0. The van der Waals surface area contributed by atoms with Crippen molar-refractivity contribution in [3.8, 4) is 0 Å². The molecule has 3 N–H and O–H groups in total. The van der Waals surface area contributed by atoms with Crippen molar-refractivity contribution < 1.29 is 20.1 Å². The Morgan fingerprint density at radius 3 is 1.79 bits per heavy atom. The minimum atomic E-state index is -0.701. The summed E-state index contributed by atoms with van der Waals surface area (Å²) in [5, 5.41) is 27.4. The van der Waals surface area contributed by atoms with Crippen molar-refractivity contribution in [2.24, 2.45) is 0 Å². The summed E-state index contributed by atoms with van der Waals surface area (Å²) in [6.07, 6.45) is 8.93. The highest BCUT2D eigenvalue weighted by molar-refractivity contribution is 5.66. The van der Waals surface area contributed by atoms with E-state index in [2.05, 4.69) is 0 Å². The van der Waals surface area contributed by atoms with Crippen LogP contribution in [-0.4, -0.2) is 33.5 Å². The summed E-state index contributed by atoms with van der Waals surface area (Å²) in [6, 6.07) is 0. The quantitative estimate of drug-likeness (QED) is 0.451. The van der Waals surface area contributed by atoms with Crippen LogP contribution in [0.2, 0.25) is 0 Å². The van der Waals surface area contributed by atoms with Gasteiger partial charge in [-0.3, -0.25) is 4.79 Å². The average Bonchev–Trinajstić information content (AvgIpc) is 2.39. The average molecular weight is 274 g/mol. The molecule has 19 heavy (non-hydrogen) atoms. The number of rotatable bonds is 13. The second kappa shape index (κ2) is 12.4. The van der Waals surface area contributed by atoms with Gasteiger partial charge in [0.2, 0.25) is 0 Å². The molecule has 0 aromatic heterocycles. The Hall–Kier alpha value is -0.610. The van der Waals surface area contributed by atoms with E-state index in [1.165, 1.54) is 12.8 Å². The van der Waals surface area contributed by atoms with Gasteiger partial charge < -0.3 is 15.3 Å². The predicted octanol–water partition coefficient (Wildman–Crippen LogP) is 3.10. The van der Waals surface area contributed by atoms with Gasteiger partial charge in [0.25, 0.3) is 0 Å². The number of hydrogen-bond acceptors (Lipinski definition) is 3. The maximum atomic E-state index is 10.3. The molecule has 4 nitrogen and oxygen atoms in total. The fraction of sp³-hybridized carbons (Fsp3) is 0.933. The number of carboxylic acids is 1. The van der Waals surface area contributed by atoms with Crippen molar-refractivity contribution in [2.75, 3.05) is 0 Å². The van der Waals surface area contributed by atoms with Crippen molar-refractivity contribution in [2.45, 2.75) is 89.8 Å². The van der Waals surface area contributed by atoms with E-state index in [0.717, 1.165) is 38.5 Å². The van der Waals surface area contributed by atoms with Crippen LogP contribution < -0.4 is 0 Å². The number of unbranched alkanes of at least 4 members (excludes halogenated alkanes) is 7. The molecule has 0 radical (unpaired) electrons. The van der Waals surface area contributed by atoms with Crippen LogP contribution in [0.4, 0.5) is 0 Å². The molecule has 0 aliphatic heterocycles. The van der Waals surface area contributed by atoms with Crippen LogP contribution >= 0.6 is 0 Å². The van der Waals surface area contributed by atoms with Crippen molar-refractivity contribution in [3.63, 3.8) is 0 Å². The highest BCUT2D eigenvalue weighted by Crippen LogP contribution is 2.13. The monoisotopic (exact) mass is 274 g/mol. The Kier molecular flexibility index (Phi) is 12.0. The molecule has 0 spiro atoms. The van der Waals surface area contributed by atoms with Gasteiger partial charge in [0.15, 0.2) is 0 Å². The zero-order valence-electron chi connectivity index (χ0n) is 12.2. The zero-order valence-corrected chi connectivity index (χ0v) is 12.2. The van der Waals surface area contributed by atoms with Crippen LogP contribution in [0.5, 0.6) is 0 Å². The Morgan fingerprint density at radius 2 is 1.32 bits per heavy atom. The number of hydrogen-bond donors (Lipinski definition) is 3. The zero-order chi connectivity index (χ0) is 14.5. The Bertz CT molecular complexity index is 218. The molecule has 0 aliphatic rings. The maximum Gasteiger partial charge on any atom is 0.303 e. The van der Waals surface area contributed by atoms with Crippen LogP contribution in [-0.2, 0) is 4.79 Å². The van der Waals surface area contributed by atoms with E-state index in [1.54, 1.807) is 0 Å². The van der Waals surface area contributed by atoms with Crippen LogP contribution in [0.25, 0.3) is 0 Å². The number of aliphatic carboxylic acids is 1. The third kappa shape index (κ3) is 12.2. The molecule has 0 unspecified atom stereocenters. The maximum absolute atomic E-state index is 10.3. The molecule has 0 aromatic carbocycles. The summed E-state index contributed by atoms with van der Waals surface area (Å²) in [4.78, 5) is 10.3. The van der Waals surface area contributed by atoms with E-state index in [-0.39, 0.29) is 6.42 Å². The predicted molar refractivity (Wildman–Crippen MR) is 76.1 cm³/mol. The topological polar surface area (TPSA) is 77.8 Å². The van der Waals surface area contributed by atoms with Gasteiger partial charge in [-0.15, -0.1) is 0 Å². The summed E-state index contributed by atoms with van der Waals surface area (Å²) in [5.41, 5.74) is 0. The van der Waals surface area contributed by atoms with Crippen LogP contribution in [0, 0.1) is 0 Å². The minimum Gasteiger partial charge on any atom is -0.481 e. The van der Waals surface area contributed by atoms with Crippen molar-refractivity contribution in [3.05, 3.63) is 0 Å². The highest BCUT2D eigenvalue weighted by atomic mass is 16.4. The molecule has 0 rings (SSSR count). The molecule has 114 valence electrons. The number of carbonyl (C=O) groups is 1. The van der Waals surface area contributed by atoms with E-state index in [0.29, 0.717) is 12.8 Å². The molecule has 0 aliphatic carbocycles. The largest absolute Gasteiger partial charge is 0.481 e. The van der Waals surface area contributed by atoms with Gasteiger partial charge in [-0.1, -0.05) is 51.9 Å². The summed E-state index contributed by atoms with van der Waals surface area (Å²) in [7, 11) is 0. The first-order valence-electron chi connectivity index (χ1n) is 7.65. The minimum absolute atomic E-state index is 0.289. The molecule has 0 amide bonds. The fourth-order valence-corrected chi connectivity index (χ4v) is 2.15. The van der Waals surface area contributed by atoms with Gasteiger partial charge in [-0.2, -0.15) is 0 Å². The Morgan fingerprint density at radius 1 is 0.842 bits per heavy atom. The Labute approximate surface area is 116 Å². The number of aliphatic hydroxyl groups excluding tert-OH is 2. The van der Waals surface area contributed by atoms with Crippen molar-refractivity contribution in [1.29, 1.82) is 0 Å². The highest BCUT2D eigenvalue weighted by Gasteiger charge is 2.12. The first-order valence-corrected chi connectivity index (χ1v) is 7.65. The van der Waals surface area contributed by atoms with Crippen molar-refractivity contribution in [1.82, 2.24) is 0 Å². The second-order valence-corrected chi connectivity index (χ2v) is 5.30. The lowest BCUT2D eigenvalue weighted by Crippen LogP contribution is -2.24. The fourth-order valence-electron chi connectivity index (χ4n) is 2.15. The molecule has 0 bridgehead atoms. The standard InChI is InChI=1S/C15H30O4/c1-2-13(16)14(17)11-9-7-5-3-4-6-8-10-12-15(18)19/h13-14,16-17H,2-12H2,1H3,(H,18,19)/t13-,14-/m1/s1. The van der Waals surface area contributed by atoms with E-state index >= 15 is 0 Å². The van der Waals surface area contributed by atoms with E-state index in [4.69, 9.17) is 5.11 Å². The first kappa shape index (κ1) is 18.4. The van der Waals surface area contributed by atoms with Gasteiger partial charge in [0.1, 0.15) is 0 Å².